The number of likely N-dealkylation sites (tertiary alicyclic amines) is 1. The molecule has 1 fully saturated rings. The summed E-state index contributed by atoms with van der Waals surface area (Å²) in [4.78, 5) is 28.1. The van der Waals surface area contributed by atoms with Crippen molar-refractivity contribution >= 4 is 11.9 Å². The van der Waals surface area contributed by atoms with Crippen molar-refractivity contribution in [1.29, 1.82) is 0 Å². The Balaban J connectivity index is 2.26. The summed E-state index contributed by atoms with van der Waals surface area (Å²) in [6.07, 6.45) is 1.76. The van der Waals surface area contributed by atoms with Crippen LogP contribution in [0.2, 0.25) is 0 Å². The number of hydrogen-bond acceptors (Lipinski definition) is 3. The van der Waals surface area contributed by atoms with E-state index in [-0.39, 0.29) is 0 Å². The summed E-state index contributed by atoms with van der Waals surface area (Å²) in [5.74, 6) is -4.28. The first-order valence-electron chi connectivity index (χ1n) is 6.26. The molecule has 108 valence electrons. The lowest BCUT2D eigenvalue weighted by atomic mass is 9.90. The molecule has 0 aromatic carbocycles. The van der Waals surface area contributed by atoms with E-state index in [2.05, 4.69) is 4.98 Å². The van der Waals surface area contributed by atoms with Crippen LogP contribution in [0, 0.1) is 17.6 Å². The number of piperidine rings is 1. The van der Waals surface area contributed by atoms with Gasteiger partial charge in [-0.05, 0) is 19.8 Å². The molecule has 7 heteroatoms. The lowest BCUT2D eigenvalue weighted by Crippen LogP contribution is -2.49. The van der Waals surface area contributed by atoms with Crippen LogP contribution in [0.1, 0.15) is 30.3 Å². The molecule has 2 atom stereocenters. The molecule has 1 aromatic heterocycles. The Labute approximate surface area is 114 Å². The second-order valence-corrected chi connectivity index (χ2v) is 4.81. The van der Waals surface area contributed by atoms with Crippen LogP contribution in [0.4, 0.5) is 8.78 Å². The monoisotopic (exact) mass is 284 g/mol. The molecular weight excluding hydrogens is 270 g/mol. The topological polar surface area (TPSA) is 70.5 Å². The molecule has 1 aliphatic rings. The van der Waals surface area contributed by atoms with E-state index in [1.165, 1.54) is 4.90 Å². The van der Waals surface area contributed by atoms with Gasteiger partial charge in [0.15, 0.2) is 11.5 Å². The fraction of sp³-hybridized carbons (Fsp3) is 0.462. The first kappa shape index (κ1) is 14.4. The average Bonchev–Trinajstić information content (AvgIpc) is 2.38. The highest BCUT2D eigenvalue weighted by atomic mass is 19.1. The summed E-state index contributed by atoms with van der Waals surface area (Å²) in [5.41, 5.74) is -0.482. The van der Waals surface area contributed by atoms with Crippen LogP contribution in [0.15, 0.2) is 12.3 Å². The van der Waals surface area contributed by atoms with Crippen molar-refractivity contribution < 1.29 is 23.5 Å². The minimum Gasteiger partial charge on any atom is -0.481 e. The van der Waals surface area contributed by atoms with E-state index in [9.17, 15) is 18.4 Å². The third-order valence-corrected chi connectivity index (χ3v) is 3.58. The molecule has 0 spiro atoms. The van der Waals surface area contributed by atoms with Crippen LogP contribution in [0.25, 0.3) is 0 Å². The molecule has 1 saturated heterocycles. The van der Waals surface area contributed by atoms with Crippen molar-refractivity contribution in [3.8, 4) is 0 Å². The molecule has 1 aliphatic heterocycles. The number of pyridine rings is 1. The molecule has 0 radical (unpaired) electrons. The van der Waals surface area contributed by atoms with Crippen LogP contribution in [0.3, 0.4) is 0 Å². The predicted octanol–water partition coefficient (Wildman–Crippen LogP) is 1.69. The second kappa shape index (κ2) is 5.52. The molecule has 5 nitrogen and oxygen atoms in total. The lowest BCUT2D eigenvalue weighted by Gasteiger charge is -2.37. The Morgan fingerprint density at radius 1 is 1.45 bits per heavy atom. The number of nitrogens with zero attached hydrogens (tertiary/aromatic N) is 2. The molecule has 2 rings (SSSR count). The van der Waals surface area contributed by atoms with Gasteiger partial charge in [-0.2, -0.15) is 0 Å². The zero-order valence-corrected chi connectivity index (χ0v) is 10.8. The number of hydrogen-bond donors (Lipinski definition) is 1. The summed E-state index contributed by atoms with van der Waals surface area (Å²) >= 11 is 0. The maximum atomic E-state index is 13.6. The molecule has 0 aliphatic carbocycles. The number of rotatable bonds is 2. The quantitative estimate of drug-likeness (QED) is 0.897. The van der Waals surface area contributed by atoms with E-state index in [0.717, 1.165) is 6.20 Å². The molecule has 1 aromatic rings. The van der Waals surface area contributed by atoms with Gasteiger partial charge in [0.05, 0.1) is 12.1 Å². The van der Waals surface area contributed by atoms with Crippen LogP contribution in [-0.2, 0) is 4.79 Å². The van der Waals surface area contributed by atoms with Gasteiger partial charge in [-0.1, -0.05) is 0 Å². The van der Waals surface area contributed by atoms with Gasteiger partial charge in [0.25, 0.3) is 5.91 Å². The smallest absolute Gasteiger partial charge is 0.308 e. The maximum absolute atomic E-state index is 13.6. The van der Waals surface area contributed by atoms with Crippen LogP contribution in [0.5, 0.6) is 0 Å². The molecule has 1 N–H and O–H groups in total. The second-order valence-electron chi connectivity index (χ2n) is 4.81. The van der Waals surface area contributed by atoms with Gasteiger partial charge < -0.3 is 10.0 Å². The molecular formula is C13H14F2N2O3. The summed E-state index contributed by atoms with van der Waals surface area (Å²) in [6, 6.07) is 0.0313. The number of aliphatic carboxylic acids is 1. The zero-order chi connectivity index (χ0) is 14.9. The van der Waals surface area contributed by atoms with Crippen molar-refractivity contribution in [2.45, 2.75) is 25.8 Å². The third-order valence-electron chi connectivity index (χ3n) is 3.58. The zero-order valence-electron chi connectivity index (χ0n) is 10.8. The Kier molecular flexibility index (Phi) is 3.96. The summed E-state index contributed by atoms with van der Waals surface area (Å²) in [7, 11) is 0. The van der Waals surface area contributed by atoms with E-state index in [1.807, 2.05) is 0 Å². The minimum atomic E-state index is -1.04. The highest BCUT2D eigenvalue weighted by molar-refractivity contribution is 5.93. The van der Waals surface area contributed by atoms with Gasteiger partial charge in [0.2, 0.25) is 0 Å². The van der Waals surface area contributed by atoms with E-state index >= 15 is 0 Å². The van der Waals surface area contributed by atoms with E-state index in [4.69, 9.17) is 5.11 Å². The molecule has 0 saturated carbocycles. The Bertz CT molecular complexity index is 550. The van der Waals surface area contributed by atoms with Crippen molar-refractivity contribution in [1.82, 2.24) is 9.88 Å². The lowest BCUT2D eigenvalue weighted by molar-refractivity contribution is -0.144. The third kappa shape index (κ3) is 2.61. The number of carboxylic acids is 1. The van der Waals surface area contributed by atoms with Gasteiger partial charge in [-0.3, -0.25) is 9.59 Å². The molecule has 1 amide bonds. The molecule has 2 heterocycles. The normalized spacial score (nSPS) is 22.6. The van der Waals surface area contributed by atoms with Crippen LogP contribution in [-0.4, -0.2) is 39.5 Å². The van der Waals surface area contributed by atoms with Crippen molar-refractivity contribution in [2.24, 2.45) is 5.92 Å². The number of carboxylic acid groups (broad SMARTS) is 1. The average molecular weight is 284 g/mol. The number of carbonyl (C=O) groups is 2. The van der Waals surface area contributed by atoms with Gasteiger partial charge in [-0.25, -0.2) is 13.8 Å². The van der Waals surface area contributed by atoms with Gasteiger partial charge in [-0.15, -0.1) is 0 Å². The Morgan fingerprint density at radius 2 is 2.15 bits per heavy atom. The van der Waals surface area contributed by atoms with Gasteiger partial charge in [0.1, 0.15) is 5.82 Å². The van der Waals surface area contributed by atoms with E-state index < -0.39 is 41.2 Å². The van der Waals surface area contributed by atoms with Gasteiger partial charge >= 0.3 is 5.97 Å². The molecule has 0 bridgehead atoms. The summed E-state index contributed by atoms with van der Waals surface area (Å²) in [6.45, 7) is 1.94. The Morgan fingerprint density at radius 3 is 2.75 bits per heavy atom. The first-order chi connectivity index (χ1) is 9.41. The molecule has 20 heavy (non-hydrogen) atoms. The SMILES string of the molecule is C[C@@H]1[C@H](C(=O)O)CCCN1C(=O)c1ncc(F)cc1F. The van der Waals surface area contributed by atoms with Crippen molar-refractivity contribution in [3.05, 3.63) is 29.6 Å². The highest BCUT2D eigenvalue weighted by Crippen LogP contribution is 2.25. The van der Waals surface area contributed by atoms with E-state index in [0.29, 0.717) is 25.5 Å². The van der Waals surface area contributed by atoms with Crippen LogP contribution < -0.4 is 0 Å². The van der Waals surface area contributed by atoms with Crippen molar-refractivity contribution in [3.63, 3.8) is 0 Å². The van der Waals surface area contributed by atoms with Gasteiger partial charge in [0, 0.05) is 18.7 Å². The van der Waals surface area contributed by atoms with E-state index in [1.54, 1.807) is 6.92 Å². The fourth-order valence-corrected chi connectivity index (χ4v) is 2.47. The highest BCUT2D eigenvalue weighted by Gasteiger charge is 2.36. The van der Waals surface area contributed by atoms with Crippen molar-refractivity contribution in [2.75, 3.05) is 6.54 Å². The summed E-state index contributed by atoms with van der Waals surface area (Å²) < 4.78 is 26.4. The number of carbonyl (C=O) groups excluding carboxylic acids is 1. The van der Waals surface area contributed by atoms with Crippen LogP contribution >= 0.6 is 0 Å². The number of halogens is 2. The predicted molar refractivity (Wildman–Crippen MR) is 65.0 cm³/mol. The number of aromatic nitrogens is 1. The number of amides is 1. The standard InChI is InChI=1S/C13H14F2N2O3/c1-7-9(13(19)20)3-2-4-17(7)12(18)11-10(15)5-8(14)6-16-11/h5-7,9H,2-4H2,1H3,(H,19,20)/t7-,9-/m1/s1. The summed E-state index contributed by atoms with van der Waals surface area (Å²) in [5, 5.41) is 9.09. The Hall–Kier alpha value is -2.05. The molecule has 0 unspecified atom stereocenters. The first-order valence-corrected chi connectivity index (χ1v) is 6.26. The largest absolute Gasteiger partial charge is 0.481 e. The maximum Gasteiger partial charge on any atom is 0.308 e. The fourth-order valence-electron chi connectivity index (χ4n) is 2.47. The minimum absolute atomic E-state index is 0.336.